The molecule has 5 heteroatoms. The van der Waals surface area contributed by atoms with E-state index in [0.29, 0.717) is 22.6 Å². The summed E-state index contributed by atoms with van der Waals surface area (Å²) in [6.07, 6.45) is 0. The summed E-state index contributed by atoms with van der Waals surface area (Å²) in [6.45, 7) is 13.3. The van der Waals surface area contributed by atoms with Crippen LogP contribution in [0.3, 0.4) is 0 Å². The predicted octanol–water partition coefficient (Wildman–Crippen LogP) is 11.3. The average molecular weight is 822 g/mol. The number of aromatic nitrogens is 3. The molecule has 0 unspecified atom stereocenters. The Morgan fingerprint density at radius 3 is 2.16 bits per heavy atom. The van der Waals surface area contributed by atoms with Gasteiger partial charge in [-0.3, -0.25) is 9.55 Å². The van der Waals surface area contributed by atoms with Gasteiger partial charge in [-0.25, -0.2) is 4.98 Å². The number of pyridine rings is 1. The van der Waals surface area contributed by atoms with Gasteiger partial charge in [-0.1, -0.05) is 107 Å². The Morgan fingerprint density at radius 2 is 1.45 bits per heavy atom. The van der Waals surface area contributed by atoms with E-state index in [-0.39, 0.29) is 38.1 Å². The molecule has 0 aliphatic rings. The van der Waals surface area contributed by atoms with E-state index in [1.807, 2.05) is 72.8 Å². The molecule has 0 saturated carbocycles. The van der Waals surface area contributed by atoms with Crippen molar-refractivity contribution in [3.8, 4) is 56.5 Å². The van der Waals surface area contributed by atoms with Crippen LogP contribution in [0, 0.1) is 13.0 Å². The number of benzene rings is 5. The van der Waals surface area contributed by atoms with Crippen molar-refractivity contribution in [2.75, 3.05) is 0 Å². The van der Waals surface area contributed by atoms with Crippen molar-refractivity contribution in [3.05, 3.63) is 144 Å². The molecule has 1 N–H and O–H groups in total. The smallest absolute Gasteiger partial charge is 0.149 e. The Labute approximate surface area is 303 Å². The first-order chi connectivity index (χ1) is 23.1. The van der Waals surface area contributed by atoms with Crippen LogP contribution in [0.1, 0.15) is 57.2 Å². The molecule has 5 aromatic carbocycles. The molecule has 0 radical (unpaired) electrons. The number of hydrogen-bond acceptors (Lipinski definition) is 3. The van der Waals surface area contributed by atoms with E-state index in [9.17, 15) is 5.11 Å². The Bertz CT molecular complexity index is 2260. The minimum Gasteiger partial charge on any atom is -0.506 e. The molecule has 7 rings (SSSR count). The molecule has 0 fully saturated rings. The van der Waals surface area contributed by atoms with Gasteiger partial charge in [-0.05, 0) is 70.5 Å². The summed E-state index contributed by atoms with van der Waals surface area (Å²) >= 11 is 0. The quantitative estimate of drug-likeness (QED) is 0.170. The summed E-state index contributed by atoms with van der Waals surface area (Å²) in [6, 6.07) is 44.4. The fraction of sp³-hybridized carbons (Fsp3) is 0.182. The van der Waals surface area contributed by atoms with Gasteiger partial charge in [-0.2, -0.15) is 0 Å². The van der Waals surface area contributed by atoms with Crippen LogP contribution in [0.15, 0.2) is 121 Å². The maximum atomic E-state index is 12.4. The van der Waals surface area contributed by atoms with Crippen LogP contribution in [0.5, 0.6) is 5.75 Å². The average Bonchev–Trinajstić information content (AvgIpc) is 3.47. The monoisotopic (exact) mass is 821 g/mol. The van der Waals surface area contributed by atoms with Crippen LogP contribution >= 0.6 is 0 Å². The summed E-state index contributed by atoms with van der Waals surface area (Å²) in [5, 5.41) is 12.4. The van der Waals surface area contributed by atoms with Gasteiger partial charge in [0.1, 0.15) is 11.6 Å². The Kier molecular flexibility index (Phi) is 9.47. The van der Waals surface area contributed by atoms with Gasteiger partial charge in [0.15, 0.2) is 0 Å². The van der Waals surface area contributed by atoms with Crippen molar-refractivity contribution < 1.29 is 26.2 Å². The van der Waals surface area contributed by atoms with Crippen LogP contribution in [-0.2, 0) is 26.5 Å². The summed E-state index contributed by atoms with van der Waals surface area (Å²) in [5.74, 6) is 1.11. The van der Waals surface area contributed by atoms with Crippen LogP contribution in [0.2, 0.25) is 0 Å². The van der Waals surface area contributed by atoms with Gasteiger partial charge in [-0.15, -0.1) is 35.9 Å². The number of fused-ring (bicyclic) bond motifs is 1. The maximum absolute atomic E-state index is 12.4. The topological polar surface area (TPSA) is 50.9 Å². The number of phenols is 1. The maximum Gasteiger partial charge on any atom is 0.149 e. The van der Waals surface area contributed by atoms with E-state index < -0.39 is 0 Å². The molecule has 0 aliphatic carbocycles. The summed E-state index contributed by atoms with van der Waals surface area (Å²) in [4.78, 5) is 10.5. The van der Waals surface area contributed by atoms with E-state index in [4.69, 9.17) is 9.97 Å². The first-order valence-electron chi connectivity index (χ1n) is 16.6. The minimum atomic E-state index is -0.131. The minimum absolute atomic E-state index is 0. The molecule has 4 nitrogen and oxygen atoms in total. The van der Waals surface area contributed by atoms with Crippen molar-refractivity contribution in [3.63, 3.8) is 0 Å². The summed E-state index contributed by atoms with van der Waals surface area (Å²) in [5.41, 5.74) is 12.1. The summed E-state index contributed by atoms with van der Waals surface area (Å²) in [7, 11) is 0. The largest absolute Gasteiger partial charge is 0.506 e. The molecule has 2 aromatic heterocycles. The van der Waals surface area contributed by atoms with Gasteiger partial charge in [0.25, 0.3) is 0 Å². The van der Waals surface area contributed by atoms with Gasteiger partial charge >= 0.3 is 0 Å². The fourth-order valence-corrected chi connectivity index (χ4v) is 6.76. The molecule has 0 bridgehead atoms. The molecule has 0 amide bonds. The van der Waals surface area contributed by atoms with Crippen molar-refractivity contribution in [1.82, 2.24) is 14.5 Å². The van der Waals surface area contributed by atoms with Crippen LogP contribution < -0.4 is 0 Å². The standard InChI is InChI=1S/C44H40N3O.Pt/c1-28(2)32-21-16-24-35(44(4,5)6)41(32)47-38-26-14-13-25-36(38)46-43(47)34-23-15-22-33(42(34)48)40-39(31-19-11-8-12-20-31)29(3)27-37(45-40)30-17-9-7-10-18-30;/h7-17,19-28,48H,1-6H3;/q-1;. The van der Waals surface area contributed by atoms with Gasteiger partial charge in [0.2, 0.25) is 0 Å². The Balaban J connectivity index is 0.00000417. The molecule has 49 heavy (non-hydrogen) atoms. The molecule has 0 atom stereocenters. The van der Waals surface area contributed by atoms with Gasteiger partial charge in [0, 0.05) is 32.2 Å². The number of hydrogen-bond donors (Lipinski definition) is 1. The molecule has 2 heterocycles. The molecular formula is C44H40N3OPt-. The van der Waals surface area contributed by atoms with E-state index in [1.54, 1.807) is 0 Å². The van der Waals surface area contributed by atoms with Crippen molar-refractivity contribution in [2.24, 2.45) is 0 Å². The number of phenolic OH excluding ortho intramolecular Hbond substituents is 1. The first kappa shape index (κ1) is 34.1. The van der Waals surface area contributed by atoms with E-state index >= 15 is 0 Å². The Hall–Kier alpha value is -4.79. The Morgan fingerprint density at radius 1 is 0.755 bits per heavy atom. The zero-order valence-corrected chi connectivity index (χ0v) is 31.0. The van der Waals surface area contributed by atoms with Crippen molar-refractivity contribution in [2.45, 2.75) is 52.9 Å². The number of rotatable bonds is 6. The van der Waals surface area contributed by atoms with Gasteiger partial charge < -0.3 is 5.11 Å². The summed E-state index contributed by atoms with van der Waals surface area (Å²) < 4.78 is 2.26. The molecule has 248 valence electrons. The van der Waals surface area contributed by atoms with E-state index in [1.165, 1.54) is 11.1 Å². The second-order valence-electron chi connectivity index (χ2n) is 13.8. The molecule has 0 spiro atoms. The van der Waals surface area contributed by atoms with Crippen molar-refractivity contribution in [1.29, 1.82) is 0 Å². The number of aryl methyl sites for hydroxylation is 1. The van der Waals surface area contributed by atoms with Crippen molar-refractivity contribution >= 4 is 11.0 Å². The third kappa shape index (κ3) is 6.27. The molecule has 0 saturated heterocycles. The number of nitrogens with zero attached hydrogens (tertiary/aromatic N) is 3. The second kappa shape index (κ2) is 13.6. The third-order valence-corrected chi connectivity index (χ3v) is 9.08. The number of aromatic hydroxyl groups is 1. The van der Waals surface area contributed by atoms with Crippen LogP contribution in [0.4, 0.5) is 0 Å². The van der Waals surface area contributed by atoms with Crippen LogP contribution in [0.25, 0.3) is 61.8 Å². The molecule has 7 aromatic rings. The zero-order chi connectivity index (χ0) is 33.6. The third-order valence-electron chi connectivity index (χ3n) is 9.08. The van der Waals surface area contributed by atoms with E-state index in [0.717, 1.165) is 44.7 Å². The van der Waals surface area contributed by atoms with Gasteiger partial charge in [0.05, 0.1) is 28.0 Å². The van der Waals surface area contributed by atoms with E-state index in [2.05, 4.69) is 101 Å². The van der Waals surface area contributed by atoms with Crippen LogP contribution in [-0.4, -0.2) is 19.6 Å². The fourth-order valence-electron chi connectivity index (χ4n) is 6.76. The zero-order valence-electron chi connectivity index (χ0n) is 28.7. The first-order valence-corrected chi connectivity index (χ1v) is 16.6. The second-order valence-corrected chi connectivity index (χ2v) is 13.8. The normalized spacial score (nSPS) is 11.6. The number of imidazole rings is 1. The number of para-hydroxylation sites is 4. The molecular weight excluding hydrogens is 782 g/mol. The molecule has 0 aliphatic heterocycles. The SMILES string of the molecule is Cc1cc(-c2[c-]cccc2)nc(-c2cccc(-c3nc4ccccc4n3-c3c(C(C)C)cccc3C(C)(C)C)c2O)c1-c1ccccc1.[Pt]. The predicted molar refractivity (Wildman–Crippen MR) is 199 cm³/mol.